The molecule has 4 fully saturated rings. The summed E-state index contributed by atoms with van der Waals surface area (Å²) < 4.78 is 68.5. The number of Topliss-reactive ketones (excluding diaryl/α,β-unsaturated/α-hetero) is 1. The molecule has 33 heteroatoms. The molecule has 12 N–H and O–H groups in total. The van der Waals surface area contributed by atoms with Crippen LogP contribution in [0.15, 0.2) is 0 Å². The zero-order valence-electron chi connectivity index (χ0n) is 53.1. The average Bonchev–Trinajstić information content (AvgIpc) is 1.35. The lowest BCUT2D eigenvalue weighted by Crippen LogP contribution is -2.58. The molecule has 0 bridgehead atoms. The van der Waals surface area contributed by atoms with Crippen LogP contribution in [0.1, 0.15) is 104 Å². The largest absolute Gasteiger partial charge is 0.394 e. The molecule has 0 spiro atoms. The Bertz CT molecular complexity index is 1960. The standard InChI is InChI=1S/C59H102N4O29/c1-37-50(74)53(77)41(31-64)89-56(37)86-28-25-80-19-5-9-40(67)10-6-20-83-34-59(62-46(70)11-4-14-49(73)92-63-47(71)15-16-48(63)72,35-84-21-7-12-44(68)60-17-23-81-26-29-87-57-38(2)51(75)54(78)42(32-65)90-57)36-85-22-8-13-45(69)61-18-24-82-27-30-88-58-39(3)52(76)55(79)43(33-66)91-58/h37-39,41-43,50-58,64-66,74-79H,4-36H2,1-3H3,(H,60,68)(H,61,69)(H,62,70)/t37-,38-,39+,41-,42?,43+,50-,51-,52+,53+,54+,55-,56-,57-,58+,59?/m0/s1. The number of hydrogen-bond donors (Lipinski definition) is 12. The molecule has 0 aromatic heterocycles. The molecule has 33 nitrogen and oxygen atoms in total. The minimum atomic E-state index is -1.40. The first-order chi connectivity index (χ1) is 44.1. The number of amides is 5. The zero-order valence-corrected chi connectivity index (χ0v) is 53.1. The number of carbonyl (C=O) groups is 7. The van der Waals surface area contributed by atoms with Crippen LogP contribution in [0.2, 0.25) is 0 Å². The summed E-state index contributed by atoms with van der Waals surface area (Å²) in [7, 11) is 0. The van der Waals surface area contributed by atoms with Gasteiger partial charge in [0.25, 0.3) is 11.8 Å². The van der Waals surface area contributed by atoms with Gasteiger partial charge in [-0.15, -0.1) is 5.06 Å². The number of aliphatic hydroxyl groups excluding tert-OH is 9. The number of carbonyl (C=O) groups excluding carboxylic acids is 7. The second kappa shape index (κ2) is 44.6. The fourth-order valence-electron chi connectivity index (χ4n) is 10.0. The van der Waals surface area contributed by atoms with Gasteiger partial charge in [-0.25, -0.2) is 4.79 Å². The molecular formula is C59H102N4O29. The van der Waals surface area contributed by atoms with Gasteiger partial charge < -0.3 is 124 Å². The third-order valence-electron chi connectivity index (χ3n) is 15.6. The highest BCUT2D eigenvalue weighted by Crippen LogP contribution is 2.29. The molecular weight excluding hydrogens is 1230 g/mol. The van der Waals surface area contributed by atoms with Crippen LogP contribution in [0.4, 0.5) is 0 Å². The highest BCUT2D eigenvalue weighted by Gasteiger charge is 2.45. The Morgan fingerprint density at radius 2 is 0.793 bits per heavy atom. The number of ketones is 1. The predicted octanol–water partition coefficient (Wildman–Crippen LogP) is -4.08. The molecule has 0 radical (unpaired) electrons. The summed E-state index contributed by atoms with van der Waals surface area (Å²) in [6.45, 7) is 4.49. The van der Waals surface area contributed by atoms with E-state index in [9.17, 15) is 79.5 Å². The average molecular weight is 1330 g/mol. The molecule has 2 unspecified atom stereocenters. The van der Waals surface area contributed by atoms with Gasteiger partial charge in [0.1, 0.15) is 47.9 Å². The number of hydrogen-bond acceptors (Lipinski definition) is 29. The number of nitrogens with one attached hydrogen (secondary N) is 3. The maximum atomic E-state index is 13.7. The number of nitrogens with zero attached hydrogens (tertiary/aromatic N) is 1. The molecule has 0 aromatic carbocycles. The van der Waals surface area contributed by atoms with E-state index in [1.807, 2.05) is 0 Å². The van der Waals surface area contributed by atoms with E-state index in [1.165, 1.54) is 0 Å². The highest BCUT2D eigenvalue weighted by atomic mass is 16.7. The van der Waals surface area contributed by atoms with Crippen molar-refractivity contribution in [3.05, 3.63) is 0 Å². The second-order valence-electron chi connectivity index (χ2n) is 23.2. The minimum Gasteiger partial charge on any atom is -0.394 e. The summed E-state index contributed by atoms with van der Waals surface area (Å²) in [6, 6.07) is 0. The van der Waals surface area contributed by atoms with Crippen molar-refractivity contribution < 1.29 is 141 Å². The van der Waals surface area contributed by atoms with Gasteiger partial charge in [0.05, 0.1) is 111 Å². The van der Waals surface area contributed by atoms with E-state index in [4.69, 9.17) is 61.7 Å². The van der Waals surface area contributed by atoms with Crippen LogP contribution in [-0.2, 0) is 95.2 Å². The predicted molar refractivity (Wildman–Crippen MR) is 313 cm³/mol. The first kappa shape index (κ1) is 80.3. The smallest absolute Gasteiger partial charge is 0.333 e. The number of aliphatic hydroxyl groups is 9. The summed E-state index contributed by atoms with van der Waals surface area (Å²) in [4.78, 5) is 93.7. The molecule has 4 saturated heterocycles. The van der Waals surface area contributed by atoms with Gasteiger partial charge in [-0.2, -0.15) is 0 Å². The van der Waals surface area contributed by atoms with E-state index in [-0.39, 0.29) is 200 Å². The van der Waals surface area contributed by atoms with Crippen LogP contribution < -0.4 is 16.0 Å². The Kier molecular flexibility index (Phi) is 38.9. The van der Waals surface area contributed by atoms with Crippen LogP contribution in [0.5, 0.6) is 0 Å². The maximum absolute atomic E-state index is 13.7. The summed E-state index contributed by atoms with van der Waals surface area (Å²) in [5.41, 5.74) is -1.40. The Morgan fingerprint density at radius 1 is 0.446 bits per heavy atom. The summed E-state index contributed by atoms with van der Waals surface area (Å²) >= 11 is 0. The molecule has 532 valence electrons. The van der Waals surface area contributed by atoms with Gasteiger partial charge in [-0.1, -0.05) is 20.8 Å². The monoisotopic (exact) mass is 1330 g/mol. The van der Waals surface area contributed by atoms with Crippen molar-refractivity contribution in [2.45, 2.75) is 184 Å². The van der Waals surface area contributed by atoms with Crippen LogP contribution in [-0.4, -0.2) is 304 Å². The molecule has 92 heavy (non-hydrogen) atoms. The van der Waals surface area contributed by atoms with Crippen molar-refractivity contribution in [2.24, 2.45) is 17.8 Å². The number of rotatable bonds is 49. The molecule has 4 rings (SSSR count). The van der Waals surface area contributed by atoms with Crippen molar-refractivity contribution in [3.63, 3.8) is 0 Å². The van der Waals surface area contributed by atoms with E-state index in [0.717, 1.165) is 0 Å². The van der Waals surface area contributed by atoms with Crippen molar-refractivity contribution >= 4 is 41.3 Å². The van der Waals surface area contributed by atoms with Crippen LogP contribution >= 0.6 is 0 Å². The number of imide groups is 1. The quantitative estimate of drug-likeness (QED) is 0.0204. The molecule has 5 amide bonds. The van der Waals surface area contributed by atoms with E-state index in [1.54, 1.807) is 20.8 Å². The summed E-state index contributed by atoms with van der Waals surface area (Å²) in [6.07, 6.45) is -11.9. The first-order valence-electron chi connectivity index (χ1n) is 31.8. The second-order valence-corrected chi connectivity index (χ2v) is 23.2. The zero-order chi connectivity index (χ0) is 67.4. The Balaban J connectivity index is 1.26. The van der Waals surface area contributed by atoms with E-state index in [2.05, 4.69) is 16.0 Å². The first-order valence-corrected chi connectivity index (χ1v) is 31.8. The normalized spacial score (nSPS) is 28.2. The number of ether oxygens (including phenoxy) is 12. The molecule has 4 heterocycles. The van der Waals surface area contributed by atoms with Crippen LogP contribution in [0, 0.1) is 17.8 Å². The van der Waals surface area contributed by atoms with Gasteiger partial charge in [-0.3, -0.25) is 28.8 Å². The Labute approximate surface area is 535 Å². The van der Waals surface area contributed by atoms with E-state index < -0.39 is 141 Å². The molecule has 0 saturated carbocycles. The lowest BCUT2D eigenvalue weighted by atomic mass is 9.92. The van der Waals surface area contributed by atoms with E-state index >= 15 is 0 Å². The van der Waals surface area contributed by atoms with Crippen LogP contribution in [0.25, 0.3) is 0 Å². The summed E-state index contributed by atoms with van der Waals surface area (Å²) in [5, 5.41) is 98.2. The van der Waals surface area contributed by atoms with Crippen molar-refractivity contribution in [1.29, 1.82) is 0 Å². The fourth-order valence-corrected chi connectivity index (χ4v) is 10.0. The third kappa shape index (κ3) is 28.7. The minimum absolute atomic E-state index is 0.0357. The van der Waals surface area contributed by atoms with Gasteiger partial charge in [0, 0.05) is 109 Å². The molecule has 16 atom stereocenters. The maximum Gasteiger partial charge on any atom is 0.333 e. The van der Waals surface area contributed by atoms with E-state index in [0.29, 0.717) is 17.9 Å². The molecule has 4 aliphatic rings. The molecule has 0 aromatic rings. The van der Waals surface area contributed by atoms with Crippen LogP contribution in [0.3, 0.4) is 0 Å². The van der Waals surface area contributed by atoms with Crippen molar-refractivity contribution in [1.82, 2.24) is 21.0 Å². The van der Waals surface area contributed by atoms with Crippen molar-refractivity contribution in [3.8, 4) is 0 Å². The molecule has 0 aliphatic carbocycles. The van der Waals surface area contributed by atoms with Gasteiger partial charge in [0.2, 0.25) is 17.7 Å². The summed E-state index contributed by atoms with van der Waals surface area (Å²) in [5.74, 6) is -5.13. The van der Waals surface area contributed by atoms with Gasteiger partial charge >= 0.3 is 5.97 Å². The Morgan fingerprint density at radius 3 is 1.17 bits per heavy atom. The highest BCUT2D eigenvalue weighted by molar-refractivity contribution is 6.01. The van der Waals surface area contributed by atoms with Crippen molar-refractivity contribution in [2.75, 3.05) is 132 Å². The SMILES string of the molecule is C[C@@H]1[C@@H](OCCOCCCC(=O)CCCOCC(COCCCC(=O)NCCOCCO[C@H]2OC(CO)[C@@H](O)[C@@H](O)[C@@H]2C)(COCCCC(=O)NCCOCCO[C@@H]2O[C@H](CO)[C@H](O)[C@H](O)[C@H]2C)NC(=O)CCCC(=O)ON2C(=O)CCC2=O)O[C@@H](CO)[C@@H](O)[C@H]1O. The topological polar surface area (TPSA) is 461 Å². The van der Waals surface area contributed by atoms with Gasteiger partial charge in [-0.05, 0) is 32.1 Å². The third-order valence-corrected chi connectivity index (χ3v) is 15.6. The number of hydroxylamine groups is 2. The van der Waals surface area contributed by atoms with Gasteiger partial charge in [0.15, 0.2) is 18.9 Å². The fraction of sp³-hybridized carbons (Fsp3) is 0.881. The lowest BCUT2D eigenvalue weighted by molar-refractivity contribution is -0.284. The lowest BCUT2D eigenvalue weighted by Gasteiger charge is -2.40. The Hall–Kier alpha value is -4.15. The molecule has 4 aliphatic heterocycles.